The van der Waals surface area contributed by atoms with Crippen LogP contribution in [0.5, 0.6) is 5.75 Å². The molecule has 0 aliphatic carbocycles. The number of carbonyl (C=O) groups excluding carboxylic acids is 1. The lowest BCUT2D eigenvalue weighted by Gasteiger charge is -2.22. The fourth-order valence-electron chi connectivity index (χ4n) is 2.89. The summed E-state index contributed by atoms with van der Waals surface area (Å²) in [6, 6.07) is 11.1. The van der Waals surface area contributed by atoms with Crippen molar-refractivity contribution >= 4 is 16.9 Å². The number of pyridine rings is 1. The zero-order valence-corrected chi connectivity index (χ0v) is 15.2. The Bertz CT molecular complexity index is 889. The second-order valence-corrected chi connectivity index (χ2v) is 5.94. The summed E-state index contributed by atoms with van der Waals surface area (Å²) in [7, 11) is 3.22. The van der Waals surface area contributed by atoms with Crippen LogP contribution in [0.2, 0.25) is 0 Å². The highest BCUT2D eigenvalue weighted by Crippen LogP contribution is 2.30. The van der Waals surface area contributed by atoms with Gasteiger partial charge in [-0.3, -0.25) is 9.78 Å². The average Bonchev–Trinajstić information content (AvgIpc) is 3.00. The van der Waals surface area contributed by atoms with Gasteiger partial charge in [-0.1, -0.05) is 6.07 Å². The number of furan rings is 1. The maximum atomic E-state index is 13.3. The largest absolute Gasteiger partial charge is 0.497 e. The monoisotopic (exact) mass is 354 g/mol. The molecule has 0 radical (unpaired) electrons. The molecule has 0 spiro atoms. The molecule has 0 N–H and O–H groups in total. The molecule has 1 aromatic carbocycles. The molecule has 0 fully saturated rings. The van der Waals surface area contributed by atoms with Gasteiger partial charge in [0.2, 0.25) is 0 Å². The number of fused-ring (bicyclic) bond motifs is 1. The molecule has 3 rings (SSSR count). The fourth-order valence-corrected chi connectivity index (χ4v) is 2.89. The molecule has 0 unspecified atom stereocenters. The van der Waals surface area contributed by atoms with E-state index in [9.17, 15) is 4.79 Å². The predicted molar refractivity (Wildman–Crippen MR) is 98.4 cm³/mol. The molecule has 0 saturated heterocycles. The summed E-state index contributed by atoms with van der Waals surface area (Å²) in [6.07, 6.45) is 1.72. The summed E-state index contributed by atoms with van der Waals surface area (Å²) in [5.41, 5.74) is 2.03. The number of benzene rings is 1. The van der Waals surface area contributed by atoms with E-state index in [0.29, 0.717) is 42.4 Å². The van der Waals surface area contributed by atoms with E-state index in [-0.39, 0.29) is 5.91 Å². The minimum Gasteiger partial charge on any atom is -0.497 e. The van der Waals surface area contributed by atoms with Gasteiger partial charge in [-0.2, -0.15) is 0 Å². The van der Waals surface area contributed by atoms with Crippen LogP contribution < -0.4 is 4.74 Å². The van der Waals surface area contributed by atoms with Crippen molar-refractivity contribution < 1.29 is 18.7 Å². The molecule has 6 heteroatoms. The third-order valence-electron chi connectivity index (χ3n) is 4.22. The Labute approximate surface area is 152 Å². The number of hydrogen-bond donors (Lipinski definition) is 0. The lowest BCUT2D eigenvalue weighted by Crippen LogP contribution is -2.34. The van der Waals surface area contributed by atoms with Crippen molar-refractivity contribution in [1.82, 2.24) is 9.88 Å². The van der Waals surface area contributed by atoms with Crippen LogP contribution in [-0.4, -0.2) is 43.2 Å². The maximum Gasteiger partial charge on any atom is 0.258 e. The van der Waals surface area contributed by atoms with Gasteiger partial charge in [0.15, 0.2) is 0 Å². The van der Waals surface area contributed by atoms with Gasteiger partial charge in [0.05, 0.1) is 31.5 Å². The first-order chi connectivity index (χ1) is 12.6. The van der Waals surface area contributed by atoms with Gasteiger partial charge in [0, 0.05) is 25.2 Å². The number of methoxy groups -OCH3 is 2. The second kappa shape index (κ2) is 8.01. The molecule has 2 aromatic heterocycles. The average molecular weight is 354 g/mol. The number of rotatable bonds is 7. The molecule has 2 heterocycles. The topological polar surface area (TPSA) is 64.8 Å². The molecular weight excluding hydrogens is 332 g/mol. The van der Waals surface area contributed by atoms with Crippen LogP contribution in [0.4, 0.5) is 0 Å². The van der Waals surface area contributed by atoms with E-state index >= 15 is 0 Å². The SMILES string of the molecule is COCCN(Cc1ccccn1)C(=O)c1c(C)oc2ccc(OC)cc12. The molecule has 0 aliphatic rings. The maximum absolute atomic E-state index is 13.3. The van der Waals surface area contributed by atoms with Gasteiger partial charge >= 0.3 is 0 Å². The van der Waals surface area contributed by atoms with Crippen LogP contribution in [-0.2, 0) is 11.3 Å². The van der Waals surface area contributed by atoms with Gasteiger partial charge < -0.3 is 18.8 Å². The van der Waals surface area contributed by atoms with E-state index in [4.69, 9.17) is 13.9 Å². The number of hydrogen-bond acceptors (Lipinski definition) is 5. The first kappa shape index (κ1) is 17.9. The van der Waals surface area contributed by atoms with Gasteiger partial charge in [-0.05, 0) is 37.3 Å². The number of aryl methyl sites for hydroxylation is 1. The normalized spacial score (nSPS) is 10.9. The van der Waals surface area contributed by atoms with Crippen LogP contribution in [0, 0.1) is 6.92 Å². The highest BCUT2D eigenvalue weighted by atomic mass is 16.5. The molecule has 0 atom stereocenters. The first-order valence-electron chi connectivity index (χ1n) is 8.39. The molecule has 6 nitrogen and oxygen atoms in total. The van der Waals surface area contributed by atoms with Crippen molar-refractivity contribution in [2.24, 2.45) is 0 Å². The molecule has 3 aromatic rings. The highest BCUT2D eigenvalue weighted by Gasteiger charge is 2.24. The Hall–Kier alpha value is -2.86. The Morgan fingerprint density at radius 1 is 1.23 bits per heavy atom. The zero-order valence-electron chi connectivity index (χ0n) is 15.2. The first-order valence-corrected chi connectivity index (χ1v) is 8.39. The van der Waals surface area contributed by atoms with E-state index < -0.39 is 0 Å². The van der Waals surface area contributed by atoms with Crippen LogP contribution >= 0.6 is 0 Å². The number of ether oxygens (including phenoxy) is 2. The van der Waals surface area contributed by atoms with Crippen LogP contribution in [0.15, 0.2) is 47.0 Å². The van der Waals surface area contributed by atoms with Crippen molar-refractivity contribution in [3.05, 3.63) is 59.6 Å². The summed E-state index contributed by atoms with van der Waals surface area (Å²) < 4.78 is 16.2. The lowest BCUT2D eigenvalue weighted by atomic mass is 10.1. The molecule has 1 amide bonds. The van der Waals surface area contributed by atoms with Crippen LogP contribution in [0.3, 0.4) is 0 Å². The van der Waals surface area contributed by atoms with Crippen molar-refractivity contribution in [1.29, 1.82) is 0 Å². The van der Waals surface area contributed by atoms with E-state index in [0.717, 1.165) is 11.1 Å². The number of amides is 1. The fraction of sp³-hybridized carbons (Fsp3) is 0.300. The zero-order chi connectivity index (χ0) is 18.5. The summed E-state index contributed by atoms with van der Waals surface area (Å²) >= 11 is 0. The summed E-state index contributed by atoms with van der Waals surface area (Å²) in [6.45, 7) is 3.10. The van der Waals surface area contributed by atoms with Gasteiger partial charge in [0.25, 0.3) is 5.91 Å². The minimum absolute atomic E-state index is 0.114. The molecule has 0 saturated carbocycles. The quantitative estimate of drug-likeness (QED) is 0.650. The van der Waals surface area contributed by atoms with Crippen LogP contribution in [0.1, 0.15) is 21.8 Å². The van der Waals surface area contributed by atoms with Crippen molar-refractivity contribution in [3.8, 4) is 5.75 Å². The predicted octanol–water partition coefficient (Wildman–Crippen LogP) is 3.43. The molecular formula is C20H22N2O4. The van der Waals surface area contributed by atoms with Gasteiger partial charge in [-0.15, -0.1) is 0 Å². The molecule has 0 aliphatic heterocycles. The Morgan fingerprint density at radius 3 is 2.77 bits per heavy atom. The number of carbonyl (C=O) groups is 1. The van der Waals surface area contributed by atoms with E-state index in [2.05, 4.69) is 4.98 Å². The highest BCUT2D eigenvalue weighted by molar-refractivity contribution is 6.07. The second-order valence-electron chi connectivity index (χ2n) is 5.94. The number of nitrogens with zero attached hydrogens (tertiary/aromatic N) is 2. The van der Waals surface area contributed by atoms with Gasteiger partial charge in [-0.25, -0.2) is 0 Å². The lowest BCUT2D eigenvalue weighted by molar-refractivity contribution is 0.0678. The minimum atomic E-state index is -0.114. The summed E-state index contributed by atoms with van der Waals surface area (Å²) in [5.74, 6) is 1.15. The van der Waals surface area contributed by atoms with E-state index in [1.807, 2.05) is 36.4 Å². The third kappa shape index (κ3) is 3.70. The van der Waals surface area contributed by atoms with Crippen LogP contribution in [0.25, 0.3) is 11.0 Å². The Balaban J connectivity index is 1.97. The van der Waals surface area contributed by atoms with Crippen molar-refractivity contribution in [3.63, 3.8) is 0 Å². The molecule has 0 bridgehead atoms. The van der Waals surface area contributed by atoms with Gasteiger partial charge in [0.1, 0.15) is 17.1 Å². The third-order valence-corrected chi connectivity index (χ3v) is 4.22. The summed E-state index contributed by atoms with van der Waals surface area (Å²) in [5, 5.41) is 0.746. The smallest absolute Gasteiger partial charge is 0.258 e. The molecule has 136 valence electrons. The standard InChI is InChI=1S/C20H22N2O4/c1-14-19(17-12-16(25-3)7-8-18(17)26-14)20(23)22(10-11-24-2)13-15-6-4-5-9-21-15/h4-9,12H,10-11,13H2,1-3H3. The van der Waals surface area contributed by atoms with E-state index in [1.54, 1.807) is 32.2 Å². The summed E-state index contributed by atoms with van der Waals surface area (Å²) in [4.78, 5) is 19.3. The van der Waals surface area contributed by atoms with E-state index in [1.165, 1.54) is 0 Å². The Morgan fingerprint density at radius 2 is 2.08 bits per heavy atom. The van der Waals surface area contributed by atoms with Crippen molar-refractivity contribution in [2.45, 2.75) is 13.5 Å². The molecule has 26 heavy (non-hydrogen) atoms. The van der Waals surface area contributed by atoms with Crippen molar-refractivity contribution in [2.75, 3.05) is 27.4 Å². The number of aromatic nitrogens is 1. The Kier molecular flexibility index (Phi) is 5.53.